The van der Waals surface area contributed by atoms with Crippen LogP contribution in [0.1, 0.15) is 66.2 Å². The summed E-state index contributed by atoms with van der Waals surface area (Å²) in [6.07, 6.45) is 9.41. The van der Waals surface area contributed by atoms with Crippen LogP contribution in [0.2, 0.25) is 0 Å². The normalized spacial score (nSPS) is 15.0. The summed E-state index contributed by atoms with van der Waals surface area (Å²) < 4.78 is 2.29. The number of carbonyl (C=O) groups is 1. The molecule has 3 heterocycles. The van der Waals surface area contributed by atoms with Gasteiger partial charge in [-0.2, -0.15) is 0 Å². The summed E-state index contributed by atoms with van der Waals surface area (Å²) in [5.41, 5.74) is 6.51. The molecule has 1 aliphatic carbocycles. The standard InChI is InChI=1S/C33H35N5O/c1-22-30-28-10-6-7-11-29(28)38(32(30)37-23(2)36-22)21-25-12-14-27(15-13-25)31(26-8-4-3-5-9-26)33(39)35-20-24-16-18-34-19-17-24/h6-7,10-19,26,31H,3-5,8-9,20-21H2,1-2H3,(H,35,39). The number of hydrogen-bond acceptors (Lipinski definition) is 4. The molecule has 198 valence electrons. The molecule has 5 aromatic rings. The largest absolute Gasteiger partial charge is 0.351 e. The van der Waals surface area contributed by atoms with Gasteiger partial charge in [-0.15, -0.1) is 0 Å². The van der Waals surface area contributed by atoms with Crippen LogP contribution in [0.3, 0.4) is 0 Å². The minimum Gasteiger partial charge on any atom is -0.351 e. The molecule has 39 heavy (non-hydrogen) atoms. The average molecular weight is 518 g/mol. The van der Waals surface area contributed by atoms with Crippen LogP contribution in [0.5, 0.6) is 0 Å². The SMILES string of the molecule is Cc1nc(C)c2c3ccccc3n(Cc3ccc(C(C(=O)NCc4ccncc4)C4CCCCC4)cc3)c2n1. The molecule has 1 unspecified atom stereocenters. The molecule has 0 radical (unpaired) electrons. The molecule has 1 amide bonds. The molecular weight excluding hydrogens is 482 g/mol. The fourth-order valence-corrected chi connectivity index (χ4v) is 6.32. The number of amides is 1. The van der Waals surface area contributed by atoms with Crippen LogP contribution in [0.4, 0.5) is 0 Å². The number of nitrogens with one attached hydrogen (secondary N) is 1. The summed E-state index contributed by atoms with van der Waals surface area (Å²) in [4.78, 5) is 27.1. The Balaban J connectivity index is 1.29. The number of nitrogens with zero attached hydrogens (tertiary/aromatic N) is 4. The Bertz CT molecular complexity index is 1600. The van der Waals surface area contributed by atoms with Gasteiger partial charge in [0.1, 0.15) is 11.5 Å². The summed E-state index contributed by atoms with van der Waals surface area (Å²) in [5, 5.41) is 5.52. The van der Waals surface area contributed by atoms with Gasteiger partial charge < -0.3 is 9.88 Å². The Kier molecular flexibility index (Phi) is 7.10. The topological polar surface area (TPSA) is 72.7 Å². The molecule has 1 N–H and O–H groups in total. The molecule has 2 aromatic carbocycles. The zero-order valence-corrected chi connectivity index (χ0v) is 22.7. The Morgan fingerprint density at radius 3 is 2.44 bits per heavy atom. The minimum absolute atomic E-state index is 0.122. The molecule has 1 aliphatic rings. The van der Waals surface area contributed by atoms with Crippen LogP contribution < -0.4 is 5.32 Å². The van der Waals surface area contributed by atoms with Crippen molar-refractivity contribution >= 4 is 27.8 Å². The van der Waals surface area contributed by atoms with Gasteiger partial charge in [-0.3, -0.25) is 9.78 Å². The number of rotatable bonds is 7. The second kappa shape index (κ2) is 11.0. The predicted octanol–water partition coefficient (Wildman–Crippen LogP) is 6.62. The third kappa shape index (κ3) is 5.16. The lowest BCUT2D eigenvalue weighted by Crippen LogP contribution is -2.34. The highest BCUT2D eigenvalue weighted by Crippen LogP contribution is 2.37. The summed E-state index contributed by atoms with van der Waals surface area (Å²) >= 11 is 0. The van der Waals surface area contributed by atoms with Crippen molar-refractivity contribution in [3.05, 3.63) is 101 Å². The third-order valence-electron chi connectivity index (χ3n) is 8.20. The fourth-order valence-electron chi connectivity index (χ4n) is 6.32. The van der Waals surface area contributed by atoms with Crippen molar-refractivity contribution in [1.82, 2.24) is 24.8 Å². The van der Waals surface area contributed by atoms with E-state index >= 15 is 0 Å². The average Bonchev–Trinajstić information content (AvgIpc) is 3.27. The highest BCUT2D eigenvalue weighted by molar-refractivity contribution is 6.07. The number of aryl methyl sites for hydroxylation is 2. The first-order valence-electron chi connectivity index (χ1n) is 14.1. The molecule has 6 heteroatoms. The molecular formula is C33H35N5O. The maximum Gasteiger partial charge on any atom is 0.228 e. The van der Waals surface area contributed by atoms with Crippen molar-refractivity contribution in [1.29, 1.82) is 0 Å². The molecule has 3 aromatic heterocycles. The van der Waals surface area contributed by atoms with Crippen molar-refractivity contribution in [3.8, 4) is 0 Å². The van der Waals surface area contributed by atoms with Crippen molar-refractivity contribution in [3.63, 3.8) is 0 Å². The Morgan fingerprint density at radius 2 is 1.67 bits per heavy atom. The number of benzene rings is 2. The van der Waals surface area contributed by atoms with E-state index in [-0.39, 0.29) is 11.8 Å². The zero-order chi connectivity index (χ0) is 26.8. The van der Waals surface area contributed by atoms with Gasteiger partial charge in [0, 0.05) is 36.3 Å². The highest BCUT2D eigenvalue weighted by atomic mass is 16.1. The first kappa shape index (κ1) is 25.2. The molecule has 0 aliphatic heterocycles. The van der Waals surface area contributed by atoms with E-state index in [0.717, 1.165) is 52.0 Å². The number of fused-ring (bicyclic) bond motifs is 3. The molecule has 0 bridgehead atoms. The predicted molar refractivity (Wildman–Crippen MR) is 155 cm³/mol. The summed E-state index contributed by atoms with van der Waals surface area (Å²) in [6.45, 7) is 5.25. The van der Waals surface area contributed by atoms with Gasteiger partial charge in [0.2, 0.25) is 5.91 Å². The smallest absolute Gasteiger partial charge is 0.228 e. The van der Waals surface area contributed by atoms with E-state index in [0.29, 0.717) is 19.0 Å². The van der Waals surface area contributed by atoms with Crippen LogP contribution in [0.25, 0.3) is 21.9 Å². The molecule has 0 spiro atoms. The lowest BCUT2D eigenvalue weighted by atomic mass is 9.76. The summed E-state index contributed by atoms with van der Waals surface area (Å²) in [6, 6.07) is 21.1. The number of aromatic nitrogens is 4. The van der Waals surface area contributed by atoms with Gasteiger partial charge in [-0.25, -0.2) is 9.97 Å². The molecule has 1 fully saturated rings. The van der Waals surface area contributed by atoms with Crippen LogP contribution in [-0.2, 0) is 17.9 Å². The molecule has 6 nitrogen and oxygen atoms in total. The van der Waals surface area contributed by atoms with Crippen molar-refractivity contribution < 1.29 is 4.79 Å². The monoisotopic (exact) mass is 517 g/mol. The van der Waals surface area contributed by atoms with Gasteiger partial charge in [-0.05, 0) is 67.5 Å². The van der Waals surface area contributed by atoms with Crippen LogP contribution in [-0.4, -0.2) is 25.4 Å². The van der Waals surface area contributed by atoms with E-state index in [1.54, 1.807) is 12.4 Å². The van der Waals surface area contributed by atoms with E-state index in [4.69, 9.17) is 4.98 Å². The first-order valence-corrected chi connectivity index (χ1v) is 14.1. The Hall–Kier alpha value is -4.06. The van der Waals surface area contributed by atoms with Crippen LogP contribution in [0.15, 0.2) is 73.1 Å². The van der Waals surface area contributed by atoms with Crippen molar-refractivity contribution in [2.24, 2.45) is 5.92 Å². The van der Waals surface area contributed by atoms with Crippen molar-refractivity contribution in [2.45, 2.75) is 65.0 Å². The quantitative estimate of drug-likeness (QED) is 0.263. The van der Waals surface area contributed by atoms with E-state index in [9.17, 15) is 4.79 Å². The molecule has 1 saturated carbocycles. The lowest BCUT2D eigenvalue weighted by Gasteiger charge is -2.30. The van der Waals surface area contributed by atoms with Gasteiger partial charge in [0.25, 0.3) is 0 Å². The van der Waals surface area contributed by atoms with Crippen LogP contribution in [0, 0.1) is 19.8 Å². The van der Waals surface area contributed by atoms with E-state index in [1.165, 1.54) is 30.2 Å². The second-order valence-corrected chi connectivity index (χ2v) is 10.8. The maximum atomic E-state index is 13.6. The zero-order valence-electron chi connectivity index (χ0n) is 22.7. The number of carbonyl (C=O) groups excluding carboxylic acids is 1. The van der Waals surface area contributed by atoms with Gasteiger partial charge in [-0.1, -0.05) is 61.7 Å². The van der Waals surface area contributed by atoms with Gasteiger partial charge in [0.05, 0.1) is 17.1 Å². The second-order valence-electron chi connectivity index (χ2n) is 10.8. The van der Waals surface area contributed by atoms with Crippen LogP contribution >= 0.6 is 0 Å². The molecule has 1 atom stereocenters. The number of hydrogen-bond donors (Lipinski definition) is 1. The third-order valence-corrected chi connectivity index (χ3v) is 8.20. The highest BCUT2D eigenvalue weighted by Gasteiger charge is 2.31. The maximum absolute atomic E-state index is 13.6. The minimum atomic E-state index is -0.132. The van der Waals surface area contributed by atoms with Gasteiger partial charge in [0.15, 0.2) is 0 Å². The summed E-state index contributed by atoms with van der Waals surface area (Å²) in [7, 11) is 0. The summed E-state index contributed by atoms with van der Waals surface area (Å²) in [5.74, 6) is 1.15. The molecule has 0 saturated heterocycles. The van der Waals surface area contributed by atoms with E-state index in [2.05, 4.69) is 75.3 Å². The lowest BCUT2D eigenvalue weighted by molar-refractivity contribution is -0.124. The van der Waals surface area contributed by atoms with Gasteiger partial charge >= 0.3 is 0 Å². The van der Waals surface area contributed by atoms with Crippen molar-refractivity contribution in [2.75, 3.05) is 0 Å². The van der Waals surface area contributed by atoms with E-state index < -0.39 is 0 Å². The number of pyridine rings is 1. The fraction of sp³-hybridized carbons (Fsp3) is 0.333. The first-order chi connectivity index (χ1) is 19.1. The number of para-hydroxylation sites is 1. The van der Waals surface area contributed by atoms with E-state index in [1.807, 2.05) is 19.1 Å². The Labute approximate surface area is 229 Å². The molecule has 6 rings (SSSR count). The Morgan fingerprint density at radius 1 is 0.923 bits per heavy atom.